The molecule has 7 rings (SSSR count). The largest absolute Gasteiger partial charge is 0.472 e. The van der Waals surface area contributed by atoms with Gasteiger partial charge in [0.15, 0.2) is 0 Å². The molecule has 3 aliphatic carbocycles. The van der Waals surface area contributed by atoms with Crippen molar-refractivity contribution in [3.63, 3.8) is 0 Å². The minimum absolute atomic E-state index is 0.414. The Kier molecular flexibility index (Phi) is 5.60. The molecule has 2 bridgehead atoms. The summed E-state index contributed by atoms with van der Waals surface area (Å²) in [5.41, 5.74) is 5.49. The fourth-order valence-corrected chi connectivity index (χ4v) is 6.22. The van der Waals surface area contributed by atoms with E-state index in [4.69, 9.17) is 23.2 Å². The Morgan fingerprint density at radius 2 is 1.11 bits per heavy atom. The van der Waals surface area contributed by atoms with E-state index in [2.05, 4.69) is 53.7 Å². The van der Waals surface area contributed by atoms with E-state index in [1.807, 2.05) is 73.7 Å². The maximum Gasteiger partial charge on any atom is 0.381 e. The molecule has 0 atom stereocenters. The van der Waals surface area contributed by atoms with Gasteiger partial charge in [-0.05, 0) is 63.8 Å². The molecule has 1 N–H and O–H groups in total. The standard InChI is InChI=1S/C34H18Cl2O2/c1-22-17-18-23(32(36)31(22)35)10-8-9-20-33-24-11-2-5-14-27(24)34(21-19-30(37)38,28-15-6-3-12-25(28)33)29-16-7-4-13-26(29)33/h2-7,11-18H,1H3,(H,37,38). The summed E-state index contributed by atoms with van der Waals surface area (Å²) in [4.78, 5) is 11.6. The average molecular weight is 529 g/mol. The molecule has 0 unspecified atom stereocenters. The van der Waals surface area contributed by atoms with Crippen LogP contribution in [-0.2, 0) is 15.6 Å². The fraction of sp³-hybridized carbons (Fsp3) is 0.0882. The molecule has 3 aliphatic rings. The molecule has 180 valence electrons. The maximum absolute atomic E-state index is 11.6. The molecule has 0 aliphatic heterocycles. The van der Waals surface area contributed by atoms with Crippen molar-refractivity contribution in [2.75, 3.05) is 0 Å². The number of aliphatic carboxylic acids is 1. The predicted octanol–water partition coefficient (Wildman–Crippen LogP) is 6.74. The van der Waals surface area contributed by atoms with E-state index in [-0.39, 0.29) is 0 Å². The third kappa shape index (κ3) is 3.24. The lowest BCUT2D eigenvalue weighted by Crippen LogP contribution is -2.49. The van der Waals surface area contributed by atoms with Gasteiger partial charge >= 0.3 is 5.97 Å². The Labute approximate surface area is 231 Å². The maximum atomic E-state index is 11.6. The highest BCUT2D eigenvalue weighted by atomic mass is 35.5. The molecule has 0 heterocycles. The molecule has 2 nitrogen and oxygen atoms in total. The molecule has 4 heteroatoms. The van der Waals surface area contributed by atoms with E-state index in [1.54, 1.807) is 0 Å². The summed E-state index contributed by atoms with van der Waals surface area (Å²) in [6.45, 7) is 1.89. The van der Waals surface area contributed by atoms with Crippen LogP contribution in [0.15, 0.2) is 84.9 Å². The van der Waals surface area contributed by atoms with E-state index in [0.717, 1.165) is 38.9 Å². The Morgan fingerprint density at radius 1 is 0.658 bits per heavy atom. The second-order valence-corrected chi connectivity index (χ2v) is 10.0. The molecule has 0 fully saturated rings. The van der Waals surface area contributed by atoms with Crippen LogP contribution in [0.5, 0.6) is 0 Å². The van der Waals surface area contributed by atoms with Gasteiger partial charge < -0.3 is 5.11 Å². The number of carboxylic acid groups (broad SMARTS) is 1. The molecule has 4 aromatic carbocycles. The van der Waals surface area contributed by atoms with Gasteiger partial charge in [0, 0.05) is 11.5 Å². The number of rotatable bonds is 0. The zero-order valence-corrected chi connectivity index (χ0v) is 21.7. The zero-order valence-electron chi connectivity index (χ0n) is 20.2. The van der Waals surface area contributed by atoms with Gasteiger partial charge in [-0.3, -0.25) is 0 Å². The molecule has 0 saturated heterocycles. The Bertz CT molecular complexity index is 1750. The Hall–Kier alpha value is -4.39. The van der Waals surface area contributed by atoms with Gasteiger partial charge in [-0.2, -0.15) is 0 Å². The Morgan fingerprint density at radius 3 is 1.55 bits per heavy atom. The number of hydrogen-bond acceptors (Lipinski definition) is 1. The van der Waals surface area contributed by atoms with Crippen molar-refractivity contribution in [2.24, 2.45) is 0 Å². The summed E-state index contributed by atoms with van der Waals surface area (Å²) in [6, 6.07) is 27.8. The van der Waals surface area contributed by atoms with Crippen molar-refractivity contribution < 1.29 is 9.90 Å². The van der Waals surface area contributed by atoms with Gasteiger partial charge in [0.1, 0.15) is 10.8 Å². The molecular weight excluding hydrogens is 511 g/mol. The van der Waals surface area contributed by atoms with Gasteiger partial charge in [-0.1, -0.05) is 120 Å². The zero-order chi connectivity index (χ0) is 26.5. The highest BCUT2D eigenvalue weighted by molar-refractivity contribution is 6.43. The molecule has 0 amide bonds. The summed E-state index contributed by atoms with van der Waals surface area (Å²) >= 11 is 12.7. The minimum Gasteiger partial charge on any atom is -0.472 e. The molecule has 0 radical (unpaired) electrons. The first-order valence-corrected chi connectivity index (χ1v) is 12.7. The van der Waals surface area contributed by atoms with Gasteiger partial charge in [-0.25, -0.2) is 4.79 Å². The molecular formula is C34H18Cl2O2. The van der Waals surface area contributed by atoms with Crippen LogP contribution < -0.4 is 0 Å². The second-order valence-electron chi connectivity index (χ2n) is 9.25. The molecule has 0 saturated carbocycles. The number of benzene rings is 4. The smallest absolute Gasteiger partial charge is 0.381 e. The molecule has 38 heavy (non-hydrogen) atoms. The summed E-state index contributed by atoms with van der Waals surface area (Å²) in [5.74, 6) is 17.1. The van der Waals surface area contributed by atoms with Crippen LogP contribution >= 0.6 is 23.2 Å². The number of halogens is 2. The number of carbonyl (C=O) groups is 1. The molecule has 0 aromatic heterocycles. The van der Waals surface area contributed by atoms with Crippen molar-refractivity contribution >= 4 is 29.2 Å². The molecule has 0 spiro atoms. The Balaban J connectivity index is 1.66. The highest BCUT2D eigenvalue weighted by Gasteiger charge is 2.57. The van der Waals surface area contributed by atoms with E-state index >= 15 is 0 Å². The van der Waals surface area contributed by atoms with E-state index < -0.39 is 16.8 Å². The lowest BCUT2D eigenvalue weighted by Gasteiger charge is -2.52. The first kappa shape index (κ1) is 24.0. The lowest BCUT2D eigenvalue weighted by atomic mass is 9.47. The summed E-state index contributed by atoms with van der Waals surface area (Å²) in [7, 11) is 0. The third-order valence-electron chi connectivity index (χ3n) is 7.35. The van der Waals surface area contributed by atoms with Gasteiger partial charge in [0.25, 0.3) is 0 Å². The van der Waals surface area contributed by atoms with Crippen LogP contribution in [0.3, 0.4) is 0 Å². The molecule has 4 aromatic rings. The van der Waals surface area contributed by atoms with Crippen molar-refractivity contribution in [3.8, 4) is 35.5 Å². The fourth-order valence-electron chi connectivity index (χ4n) is 5.80. The van der Waals surface area contributed by atoms with Crippen molar-refractivity contribution in [2.45, 2.75) is 17.8 Å². The van der Waals surface area contributed by atoms with E-state index in [9.17, 15) is 9.90 Å². The van der Waals surface area contributed by atoms with Crippen molar-refractivity contribution in [3.05, 3.63) is 139 Å². The number of hydrogen-bond donors (Lipinski definition) is 1. The van der Waals surface area contributed by atoms with Crippen LogP contribution in [0.4, 0.5) is 0 Å². The van der Waals surface area contributed by atoms with E-state index in [1.165, 1.54) is 0 Å². The van der Waals surface area contributed by atoms with Crippen LogP contribution in [0, 0.1) is 42.4 Å². The van der Waals surface area contributed by atoms with E-state index in [0.29, 0.717) is 15.6 Å². The minimum atomic E-state index is -1.17. The van der Waals surface area contributed by atoms with Crippen LogP contribution in [0.1, 0.15) is 44.5 Å². The normalized spacial score (nSPS) is 19.2. The monoisotopic (exact) mass is 528 g/mol. The van der Waals surface area contributed by atoms with Crippen LogP contribution in [0.25, 0.3) is 0 Å². The summed E-state index contributed by atoms with van der Waals surface area (Å²) in [6.07, 6.45) is 0. The lowest BCUT2D eigenvalue weighted by molar-refractivity contribution is -0.130. The third-order valence-corrected chi connectivity index (χ3v) is 8.32. The van der Waals surface area contributed by atoms with Gasteiger partial charge in [-0.15, -0.1) is 0 Å². The SMILES string of the molecule is Cc1ccc(C#CC#CC23c4ccccc4C(C#CC(=O)O)(c4ccccc42)c2ccccc23)c(Cl)c1Cl. The van der Waals surface area contributed by atoms with Crippen molar-refractivity contribution in [1.82, 2.24) is 0 Å². The first-order chi connectivity index (χ1) is 18.4. The van der Waals surface area contributed by atoms with Gasteiger partial charge in [0.05, 0.1) is 10.0 Å². The van der Waals surface area contributed by atoms with Crippen molar-refractivity contribution in [1.29, 1.82) is 0 Å². The highest BCUT2D eigenvalue weighted by Crippen LogP contribution is 2.61. The predicted molar refractivity (Wildman–Crippen MR) is 150 cm³/mol. The second kappa shape index (κ2) is 8.87. The van der Waals surface area contributed by atoms with Crippen LogP contribution in [0.2, 0.25) is 10.0 Å². The quantitative estimate of drug-likeness (QED) is 0.256. The van der Waals surface area contributed by atoms with Gasteiger partial charge in [0.2, 0.25) is 0 Å². The average Bonchev–Trinajstić information content (AvgIpc) is 2.94. The summed E-state index contributed by atoms with van der Waals surface area (Å²) < 4.78 is 0. The summed E-state index contributed by atoms with van der Waals surface area (Å²) in [5, 5.41) is 10.4. The number of aryl methyl sites for hydroxylation is 1. The van der Waals surface area contributed by atoms with Crippen LogP contribution in [-0.4, -0.2) is 11.1 Å². The topological polar surface area (TPSA) is 37.3 Å². The number of carboxylic acids is 1. The first-order valence-electron chi connectivity index (χ1n) is 11.9.